The van der Waals surface area contributed by atoms with Gasteiger partial charge in [0.1, 0.15) is 0 Å². The molecule has 0 radical (unpaired) electrons. The largest absolute Gasteiger partial charge is 0.464 e. The van der Waals surface area contributed by atoms with Crippen LogP contribution in [-0.4, -0.2) is 38.5 Å². The number of hydrogen-bond donors (Lipinski definition) is 1. The smallest absolute Gasteiger partial charge is 0.360 e. The van der Waals surface area contributed by atoms with Crippen LogP contribution >= 0.6 is 11.6 Å². The second-order valence-corrected chi connectivity index (χ2v) is 5.25. The maximum atomic E-state index is 12.1. The molecule has 0 spiro atoms. The topological polar surface area (TPSA) is 91.0 Å². The van der Waals surface area contributed by atoms with Crippen LogP contribution in [0, 0.1) is 6.92 Å². The molecule has 0 aliphatic carbocycles. The number of aromatic nitrogens is 4. The molecule has 2 aromatic heterocycles. The lowest BCUT2D eigenvalue weighted by Crippen LogP contribution is -2.17. The van der Waals surface area contributed by atoms with Crippen molar-refractivity contribution in [2.24, 2.45) is 0 Å². The predicted molar refractivity (Wildman–Crippen MR) is 84.5 cm³/mol. The molecule has 0 atom stereocenters. The third kappa shape index (κ3) is 3.89. The summed E-state index contributed by atoms with van der Waals surface area (Å²) in [5.41, 5.74) is 1.22. The van der Waals surface area contributed by atoms with Gasteiger partial charge in [-0.2, -0.15) is 10.2 Å². The van der Waals surface area contributed by atoms with Crippen LogP contribution in [0.2, 0.25) is 5.02 Å². The molecule has 124 valence electrons. The predicted octanol–water partition coefficient (Wildman–Crippen LogP) is 1.88. The number of ether oxygens (including phenoxy) is 1. The molecular formula is C14H18ClN5O3. The van der Waals surface area contributed by atoms with E-state index in [1.807, 2.05) is 13.8 Å². The number of hydrogen-bond acceptors (Lipinski definition) is 5. The first-order chi connectivity index (χ1) is 11.0. The van der Waals surface area contributed by atoms with Gasteiger partial charge in [-0.3, -0.25) is 14.2 Å². The van der Waals surface area contributed by atoms with Crippen molar-refractivity contribution < 1.29 is 14.3 Å². The lowest BCUT2D eigenvalue weighted by molar-refractivity contribution is -0.116. The fourth-order valence-corrected chi connectivity index (χ4v) is 2.13. The molecule has 0 fully saturated rings. The first-order valence-corrected chi connectivity index (χ1v) is 7.47. The lowest BCUT2D eigenvalue weighted by Gasteiger charge is -2.06. The van der Waals surface area contributed by atoms with E-state index in [0.29, 0.717) is 23.8 Å². The Hall–Kier alpha value is -2.35. The van der Waals surface area contributed by atoms with Crippen molar-refractivity contribution >= 4 is 29.2 Å². The number of carbonyl (C=O) groups excluding carboxylic acids is 2. The maximum absolute atomic E-state index is 12.1. The molecule has 0 aromatic carbocycles. The van der Waals surface area contributed by atoms with E-state index in [1.165, 1.54) is 13.3 Å². The minimum Gasteiger partial charge on any atom is -0.464 e. The van der Waals surface area contributed by atoms with Gasteiger partial charge in [-0.25, -0.2) is 4.79 Å². The Morgan fingerprint density at radius 1 is 1.43 bits per heavy atom. The van der Waals surface area contributed by atoms with Gasteiger partial charge in [-0.15, -0.1) is 0 Å². The molecule has 0 aliphatic rings. The van der Waals surface area contributed by atoms with E-state index in [0.717, 1.165) is 5.69 Å². The van der Waals surface area contributed by atoms with Gasteiger partial charge in [0.05, 0.1) is 36.3 Å². The zero-order valence-corrected chi connectivity index (χ0v) is 13.9. The van der Waals surface area contributed by atoms with Crippen LogP contribution < -0.4 is 5.32 Å². The number of methoxy groups -OCH3 is 1. The first-order valence-electron chi connectivity index (χ1n) is 7.09. The fourth-order valence-electron chi connectivity index (χ4n) is 1.99. The molecule has 9 heteroatoms. The van der Waals surface area contributed by atoms with E-state index in [-0.39, 0.29) is 18.0 Å². The van der Waals surface area contributed by atoms with Gasteiger partial charge in [0.15, 0.2) is 5.69 Å². The molecule has 0 aliphatic heterocycles. The van der Waals surface area contributed by atoms with Crippen LogP contribution in [0.3, 0.4) is 0 Å². The number of nitrogens with zero attached hydrogens (tertiary/aromatic N) is 4. The van der Waals surface area contributed by atoms with E-state index < -0.39 is 5.97 Å². The van der Waals surface area contributed by atoms with Gasteiger partial charge in [0.2, 0.25) is 5.91 Å². The Balaban J connectivity index is 2.03. The number of anilines is 1. The third-order valence-corrected chi connectivity index (χ3v) is 3.70. The van der Waals surface area contributed by atoms with Gasteiger partial charge in [-0.05, 0) is 13.8 Å². The average Bonchev–Trinajstić information content (AvgIpc) is 3.09. The van der Waals surface area contributed by atoms with Crippen molar-refractivity contribution in [3.8, 4) is 0 Å². The number of rotatable bonds is 6. The van der Waals surface area contributed by atoms with Crippen molar-refractivity contribution in [1.82, 2.24) is 19.6 Å². The van der Waals surface area contributed by atoms with Crippen LogP contribution in [-0.2, 0) is 22.6 Å². The zero-order valence-electron chi connectivity index (χ0n) is 13.2. The number of nitrogens with one attached hydrogen (secondary N) is 1. The Morgan fingerprint density at radius 2 is 2.17 bits per heavy atom. The standard InChI is InChI=1S/C14H18ClN5O3/c1-4-19-8-11(13(18-19)14(22)23-3)17-12(21)5-6-20-9(2)10(15)7-16-20/h7-8H,4-6H2,1-3H3,(H,17,21). The number of carbonyl (C=O) groups is 2. The summed E-state index contributed by atoms with van der Waals surface area (Å²) < 4.78 is 7.88. The molecule has 1 N–H and O–H groups in total. The molecule has 8 nitrogen and oxygen atoms in total. The molecule has 2 heterocycles. The molecule has 2 rings (SSSR count). The number of amides is 1. The second kappa shape index (κ2) is 7.28. The summed E-state index contributed by atoms with van der Waals surface area (Å²) in [5, 5.41) is 11.4. The molecule has 0 saturated heterocycles. The highest BCUT2D eigenvalue weighted by Crippen LogP contribution is 2.16. The fraction of sp³-hybridized carbons (Fsp3) is 0.429. The van der Waals surface area contributed by atoms with Crippen molar-refractivity contribution in [2.45, 2.75) is 33.4 Å². The van der Waals surface area contributed by atoms with Crippen LogP contribution in [0.1, 0.15) is 29.5 Å². The number of esters is 1. The summed E-state index contributed by atoms with van der Waals surface area (Å²) in [5.74, 6) is -0.848. The number of aryl methyl sites for hydroxylation is 2. The Labute approximate surface area is 138 Å². The van der Waals surface area contributed by atoms with Gasteiger partial charge in [0, 0.05) is 19.2 Å². The number of halogens is 1. The van der Waals surface area contributed by atoms with Crippen molar-refractivity contribution in [3.63, 3.8) is 0 Å². The summed E-state index contributed by atoms with van der Waals surface area (Å²) in [6, 6.07) is 0. The van der Waals surface area contributed by atoms with E-state index in [1.54, 1.807) is 15.6 Å². The second-order valence-electron chi connectivity index (χ2n) is 4.84. The van der Waals surface area contributed by atoms with E-state index >= 15 is 0 Å². The van der Waals surface area contributed by atoms with E-state index in [9.17, 15) is 9.59 Å². The highest BCUT2D eigenvalue weighted by molar-refractivity contribution is 6.31. The molecule has 0 saturated carbocycles. The van der Waals surface area contributed by atoms with E-state index in [4.69, 9.17) is 11.6 Å². The summed E-state index contributed by atoms with van der Waals surface area (Å²) in [6.45, 7) is 4.67. The minimum absolute atomic E-state index is 0.0843. The monoisotopic (exact) mass is 339 g/mol. The van der Waals surface area contributed by atoms with Crippen LogP contribution in [0.25, 0.3) is 0 Å². The molecule has 0 unspecified atom stereocenters. The first kappa shape index (κ1) is 17.0. The minimum atomic E-state index is -0.595. The summed E-state index contributed by atoms with van der Waals surface area (Å²) >= 11 is 5.92. The summed E-state index contributed by atoms with van der Waals surface area (Å²) in [6.07, 6.45) is 3.33. The highest BCUT2D eigenvalue weighted by Gasteiger charge is 2.19. The summed E-state index contributed by atoms with van der Waals surface area (Å²) in [7, 11) is 1.27. The van der Waals surface area contributed by atoms with E-state index in [2.05, 4.69) is 20.3 Å². The normalized spacial score (nSPS) is 10.6. The SMILES string of the molecule is CCn1cc(NC(=O)CCn2ncc(Cl)c2C)c(C(=O)OC)n1. The molecule has 0 bridgehead atoms. The van der Waals surface area contributed by atoms with Crippen molar-refractivity contribution in [2.75, 3.05) is 12.4 Å². The van der Waals surface area contributed by atoms with Crippen LogP contribution in [0.5, 0.6) is 0 Å². The van der Waals surface area contributed by atoms with Gasteiger partial charge in [0.25, 0.3) is 0 Å². The molecule has 2 aromatic rings. The van der Waals surface area contributed by atoms with Gasteiger partial charge in [-0.1, -0.05) is 11.6 Å². The summed E-state index contributed by atoms with van der Waals surface area (Å²) in [4.78, 5) is 23.8. The van der Waals surface area contributed by atoms with Crippen LogP contribution in [0.4, 0.5) is 5.69 Å². The van der Waals surface area contributed by atoms with Gasteiger partial charge < -0.3 is 10.1 Å². The average molecular weight is 340 g/mol. The lowest BCUT2D eigenvalue weighted by atomic mass is 10.3. The van der Waals surface area contributed by atoms with Crippen molar-refractivity contribution in [3.05, 3.63) is 28.8 Å². The van der Waals surface area contributed by atoms with Crippen LogP contribution in [0.15, 0.2) is 12.4 Å². The maximum Gasteiger partial charge on any atom is 0.360 e. The third-order valence-electron chi connectivity index (χ3n) is 3.33. The Morgan fingerprint density at radius 3 is 2.74 bits per heavy atom. The molecule has 23 heavy (non-hydrogen) atoms. The Kier molecular flexibility index (Phi) is 5.38. The Bertz CT molecular complexity index is 722. The van der Waals surface area contributed by atoms with Crippen molar-refractivity contribution in [1.29, 1.82) is 0 Å². The quantitative estimate of drug-likeness (QED) is 0.811. The zero-order chi connectivity index (χ0) is 17.0. The molecule has 1 amide bonds. The molecular weight excluding hydrogens is 322 g/mol. The highest BCUT2D eigenvalue weighted by atomic mass is 35.5. The van der Waals surface area contributed by atoms with Gasteiger partial charge >= 0.3 is 5.97 Å².